The molecule has 3 aromatic heterocycles. The summed E-state index contributed by atoms with van der Waals surface area (Å²) in [5, 5.41) is 12.0. The van der Waals surface area contributed by atoms with Crippen LogP contribution in [0.1, 0.15) is 37.1 Å². The number of piperidine rings is 1. The molecule has 0 amide bonds. The average Bonchev–Trinajstić information content (AvgIpc) is 3.29. The normalized spacial score (nSPS) is 15.0. The van der Waals surface area contributed by atoms with E-state index in [1.54, 1.807) is 0 Å². The van der Waals surface area contributed by atoms with Gasteiger partial charge in [-0.25, -0.2) is 22.8 Å². The second kappa shape index (κ2) is 9.21. The minimum atomic E-state index is -3.63. The quantitative estimate of drug-likeness (QED) is 0.431. The van der Waals surface area contributed by atoms with Gasteiger partial charge >= 0.3 is 0 Å². The topological polar surface area (TPSA) is 105 Å². The Labute approximate surface area is 203 Å². The van der Waals surface area contributed by atoms with Crippen molar-refractivity contribution >= 4 is 32.8 Å². The standard InChI is InChI=1S/C24H26FN7O2S/c1-3-16-14-26-24(27-15-16)31-11-8-17(9-12-31)22-29-30-23-20(5-4-10-32(22)23)28-18-6-7-21(19(25)13-18)35(2,33)34/h4-7,10,13-15,17,28H,3,8-9,11-12H2,1-2H3. The zero-order valence-corrected chi connectivity index (χ0v) is 20.3. The highest BCUT2D eigenvalue weighted by atomic mass is 32.2. The Bertz CT molecular complexity index is 1460. The fourth-order valence-corrected chi connectivity index (χ4v) is 5.10. The lowest BCUT2D eigenvalue weighted by molar-refractivity contribution is 0.477. The molecular weight excluding hydrogens is 469 g/mol. The molecule has 1 aliphatic rings. The number of pyridine rings is 1. The molecule has 0 aliphatic carbocycles. The Morgan fingerprint density at radius 3 is 2.51 bits per heavy atom. The van der Waals surface area contributed by atoms with Crippen molar-refractivity contribution in [3.05, 3.63) is 66.1 Å². The SMILES string of the molecule is CCc1cnc(N2CCC(c3nnc4c(Nc5ccc(S(C)(=O)=O)c(F)c5)cccn34)CC2)nc1. The van der Waals surface area contributed by atoms with Crippen LogP contribution >= 0.6 is 0 Å². The molecule has 0 saturated carbocycles. The van der Waals surface area contributed by atoms with Crippen LogP contribution in [0, 0.1) is 5.82 Å². The first-order valence-corrected chi connectivity index (χ1v) is 13.4. The maximum atomic E-state index is 14.3. The fourth-order valence-electron chi connectivity index (χ4n) is 4.38. The number of sulfone groups is 1. The van der Waals surface area contributed by atoms with Crippen molar-refractivity contribution in [1.82, 2.24) is 24.6 Å². The van der Waals surface area contributed by atoms with Gasteiger partial charge in [-0.15, -0.1) is 10.2 Å². The number of halogens is 1. The number of aromatic nitrogens is 5. The average molecular weight is 496 g/mol. The molecule has 0 radical (unpaired) electrons. The summed E-state index contributed by atoms with van der Waals surface area (Å²) in [5.74, 6) is 1.07. The zero-order chi connectivity index (χ0) is 24.6. The van der Waals surface area contributed by atoms with Crippen molar-refractivity contribution in [2.75, 3.05) is 29.6 Å². The predicted molar refractivity (Wildman–Crippen MR) is 131 cm³/mol. The second-order valence-corrected chi connectivity index (χ2v) is 10.7. The van der Waals surface area contributed by atoms with Crippen molar-refractivity contribution in [3.8, 4) is 0 Å². The van der Waals surface area contributed by atoms with Gasteiger partial charge in [0.2, 0.25) is 5.95 Å². The fraction of sp³-hybridized carbons (Fsp3) is 0.333. The summed E-state index contributed by atoms with van der Waals surface area (Å²) in [5.41, 5.74) is 2.82. The minimum absolute atomic E-state index is 0.234. The summed E-state index contributed by atoms with van der Waals surface area (Å²) >= 11 is 0. The van der Waals surface area contributed by atoms with Crippen LogP contribution in [0.2, 0.25) is 0 Å². The Hall–Kier alpha value is -3.60. The summed E-state index contributed by atoms with van der Waals surface area (Å²) in [6, 6.07) is 7.67. The van der Waals surface area contributed by atoms with Gasteiger partial charge in [-0.1, -0.05) is 6.92 Å². The molecule has 1 aromatic carbocycles. The molecule has 182 valence electrons. The van der Waals surface area contributed by atoms with Gasteiger partial charge < -0.3 is 10.2 Å². The molecule has 9 nitrogen and oxygen atoms in total. The van der Waals surface area contributed by atoms with Crippen molar-refractivity contribution in [3.63, 3.8) is 0 Å². The molecule has 0 unspecified atom stereocenters. The van der Waals surface area contributed by atoms with Gasteiger partial charge in [0.05, 0.1) is 5.69 Å². The third-order valence-electron chi connectivity index (χ3n) is 6.31. The second-order valence-electron chi connectivity index (χ2n) is 8.72. The van der Waals surface area contributed by atoms with E-state index in [0.717, 1.165) is 55.9 Å². The molecule has 1 N–H and O–H groups in total. The molecule has 11 heteroatoms. The number of aryl methyl sites for hydroxylation is 1. The van der Waals surface area contributed by atoms with Gasteiger partial charge in [0.25, 0.3) is 0 Å². The van der Waals surface area contributed by atoms with E-state index in [2.05, 4.69) is 37.3 Å². The summed E-state index contributed by atoms with van der Waals surface area (Å²) in [6.07, 6.45) is 9.38. The van der Waals surface area contributed by atoms with E-state index < -0.39 is 15.7 Å². The van der Waals surface area contributed by atoms with Crippen molar-refractivity contribution in [2.24, 2.45) is 0 Å². The van der Waals surface area contributed by atoms with E-state index in [1.165, 1.54) is 18.2 Å². The van der Waals surface area contributed by atoms with Crippen molar-refractivity contribution < 1.29 is 12.8 Å². The predicted octanol–water partition coefficient (Wildman–Crippen LogP) is 3.75. The highest BCUT2D eigenvalue weighted by molar-refractivity contribution is 7.90. The molecule has 1 aliphatic heterocycles. The number of nitrogens with zero attached hydrogens (tertiary/aromatic N) is 6. The monoisotopic (exact) mass is 495 g/mol. The summed E-state index contributed by atoms with van der Waals surface area (Å²) < 4.78 is 39.7. The molecule has 5 rings (SSSR count). The van der Waals surface area contributed by atoms with Crippen molar-refractivity contribution in [2.45, 2.75) is 37.0 Å². The van der Waals surface area contributed by atoms with Crippen LogP contribution in [-0.2, 0) is 16.3 Å². The first-order chi connectivity index (χ1) is 16.8. The van der Waals surface area contributed by atoms with Crippen LogP contribution in [0.5, 0.6) is 0 Å². The van der Waals surface area contributed by atoms with E-state index in [-0.39, 0.29) is 10.8 Å². The molecule has 0 bridgehead atoms. The number of benzene rings is 1. The van der Waals surface area contributed by atoms with Crippen LogP contribution in [0.25, 0.3) is 5.65 Å². The van der Waals surface area contributed by atoms with Crippen LogP contribution in [0.4, 0.5) is 21.7 Å². The Morgan fingerprint density at radius 2 is 1.86 bits per heavy atom. The van der Waals surface area contributed by atoms with E-state index in [4.69, 9.17) is 0 Å². The highest BCUT2D eigenvalue weighted by Gasteiger charge is 2.26. The van der Waals surface area contributed by atoms with E-state index in [0.29, 0.717) is 17.0 Å². The molecule has 35 heavy (non-hydrogen) atoms. The molecule has 1 fully saturated rings. The largest absolute Gasteiger partial charge is 0.352 e. The van der Waals surface area contributed by atoms with E-state index in [1.807, 2.05) is 35.1 Å². The lowest BCUT2D eigenvalue weighted by Crippen LogP contribution is -2.34. The number of hydrogen-bond acceptors (Lipinski definition) is 8. The van der Waals surface area contributed by atoms with Gasteiger partial charge in [-0.3, -0.25) is 4.40 Å². The molecule has 4 heterocycles. The van der Waals surface area contributed by atoms with Gasteiger partial charge in [0, 0.05) is 49.5 Å². The molecule has 1 saturated heterocycles. The van der Waals surface area contributed by atoms with E-state index >= 15 is 0 Å². The van der Waals surface area contributed by atoms with Gasteiger partial charge in [0.15, 0.2) is 15.5 Å². The minimum Gasteiger partial charge on any atom is -0.352 e. The van der Waals surface area contributed by atoms with Gasteiger partial charge in [-0.05, 0) is 55.2 Å². The molecule has 0 atom stereocenters. The van der Waals surface area contributed by atoms with E-state index in [9.17, 15) is 12.8 Å². The van der Waals surface area contributed by atoms with Crippen LogP contribution in [0.3, 0.4) is 0 Å². The number of fused-ring (bicyclic) bond motifs is 1. The number of hydrogen-bond donors (Lipinski definition) is 1. The third-order valence-corrected chi connectivity index (χ3v) is 7.44. The maximum Gasteiger partial charge on any atom is 0.225 e. The van der Waals surface area contributed by atoms with Gasteiger partial charge in [0.1, 0.15) is 16.5 Å². The molecular formula is C24H26FN7O2S. The van der Waals surface area contributed by atoms with Crippen molar-refractivity contribution in [1.29, 1.82) is 0 Å². The number of anilines is 3. The smallest absolute Gasteiger partial charge is 0.225 e. The lowest BCUT2D eigenvalue weighted by Gasteiger charge is -2.31. The first-order valence-electron chi connectivity index (χ1n) is 11.5. The van der Waals surface area contributed by atoms with Gasteiger partial charge in [-0.2, -0.15) is 0 Å². The summed E-state index contributed by atoms with van der Waals surface area (Å²) in [6.45, 7) is 3.74. The lowest BCUT2D eigenvalue weighted by atomic mass is 9.96. The Kier molecular flexibility index (Phi) is 6.10. The summed E-state index contributed by atoms with van der Waals surface area (Å²) in [7, 11) is -3.63. The Balaban J connectivity index is 1.33. The maximum absolute atomic E-state index is 14.3. The van der Waals surface area contributed by atoms with Crippen LogP contribution in [0.15, 0.2) is 53.8 Å². The third kappa shape index (κ3) is 4.68. The zero-order valence-electron chi connectivity index (χ0n) is 19.5. The number of rotatable bonds is 6. The molecule has 4 aromatic rings. The summed E-state index contributed by atoms with van der Waals surface area (Å²) in [4.78, 5) is 10.9. The van der Waals surface area contributed by atoms with Crippen LogP contribution < -0.4 is 10.2 Å². The molecule has 0 spiro atoms. The Morgan fingerprint density at radius 1 is 1.11 bits per heavy atom. The highest BCUT2D eigenvalue weighted by Crippen LogP contribution is 2.31. The van der Waals surface area contributed by atoms with Crippen LogP contribution in [-0.4, -0.2) is 52.3 Å². The number of nitrogens with one attached hydrogen (secondary N) is 1. The first kappa shape index (κ1) is 23.2.